The van der Waals surface area contributed by atoms with Crippen molar-refractivity contribution >= 4 is 85.2 Å². The van der Waals surface area contributed by atoms with E-state index < -0.39 is 5.91 Å². The minimum Gasteiger partial charge on any atom is -0.436 e. The zero-order valence-electron chi connectivity index (χ0n) is 16.1. The van der Waals surface area contributed by atoms with Crippen LogP contribution in [-0.2, 0) is 4.79 Å². The van der Waals surface area contributed by atoms with E-state index in [1.54, 1.807) is 54.9 Å². The van der Waals surface area contributed by atoms with E-state index in [0.717, 1.165) is 10.0 Å². The lowest BCUT2D eigenvalue weighted by Gasteiger charge is -2.07. The quantitative estimate of drug-likeness (QED) is 0.225. The van der Waals surface area contributed by atoms with Gasteiger partial charge in [-0.05, 0) is 76.2 Å². The van der Waals surface area contributed by atoms with Gasteiger partial charge in [0.25, 0.3) is 0 Å². The Morgan fingerprint density at radius 3 is 2.75 bits per heavy atom. The van der Waals surface area contributed by atoms with Crippen LogP contribution in [-0.4, -0.2) is 21.0 Å². The van der Waals surface area contributed by atoms with Crippen molar-refractivity contribution in [3.63, 3.8) is 0 Å². The number of thiocarbonyl (C=S) groups is 1. The normalized spacial score (nSPS) is 11.1. The number of fused-ring (bicyclic) bond motifs is 1. The van der Waals surface area contributed by atoms with Gasteiger partial charge in [-0.15, -0.1) is 0 Å². The van der Waals surface area contributed by atoms with Crippen LogP contribution in [0, 0.1) is 0 Å². The molecule has 0 spiro atoms. The molecule has 1 amide bonds. The molecule has 0 radical (unpaired) electrons. The predicted molar refractivity (Wildman–Crippen MR) is 135 cm³/mol. The van der Waals surface area contributed by atoms with Crippen LogP contribution < -0.4 is 10.6 Å². The molecular weight excluding hydrogens is 535 g/mol. The second kappa shape index (κ2) is 9.79. The maximum Gasteiger partial charge on any atom is 0.250 e. The fraction of sp³-hybridized carbons (Fsp3) is 0. The molecule has 0 aliphatic carbocycles. The highest BCUT2D eigenvalue weighted by atomic mass is 79.9. The topological polar surface area (TPSA) is 80.0 Å². The summed E-state index contributed by atoms with van der Waals surface area (Å²) in [6.07, 6.45) is 6.27. The monoisotopic (exact) mass is 546 g/mol. The zero-order valence-corrected chi connectivity index (χ0v) is 20.0. The third-order valence-electron chi connectivity index (χ3n) is 4.21. The molecule has 2 aromatic carbocycles. The molecule has 2 N–H and O–H groups in total. The first kappa shape index (κ1) is 22.4. The van der Waals surface area contributed by atoms with Crippen molar-refractivity contribution < 1.29 is 9.21 Å². The highest BCUT2D eigenvalue weighted by Gasteiger charge is 2.10. The van der Waals surface area contributed by atoms with Crippen LogP contribution in [0.1, 0.15) is 5.56 Å². The molecule has 0 atom stereocenters. The Kier molecular flexibility index (Phi) is 6.86. The van der Waals surface area contributed by atoms with Crippen LogP contribution in [0.2, 0.25) is 10.0 Å². The number of hydrogen-bond donors (Lipinski definition) is 2. The fourth-order valence-electron chi connectivity index (χ4n) is 2.78. The first-order valence-electron chi connectivity index (χ1n) is 9.14. The van der Waals surface area contributed by atoms with E-state index in [9.17, 15) is 4.79 Å². The summed E-state index contributed by atoms with van der Waals surface area (Å²) in [6.45, 7) is 0. The summed E-state index contributed by atoms with van der Waals surface area (Å²) in [7, 11) is 0. The van der Waals surface area contributed by atoms with Crippen molar-refractivity contribution in [2.75, 3.05) is 5.32 Å². The lowest BCUT2D eigenvalue weighted by Crippen LogP contribution is -2.32. The van der Waals surface area contributed by atoms with Crippen LogP contribution >= 0.6 is 51.3 Å². The van der Waals surface area contributed by atoms with E-state index >= 15 is 0 Å². The SMILES string of the molecule is O=C(/C=C/c1ccc(Cl)cc1Cl)NC(=S)Nc1ccc2oc(-c3cncc(Br)c3)nc2c1. The predicted octanol–water partition coefficient (Wildman–Crippen LogP) is 6.49. The second-order valence-corrected chi connectivity index (χ2v) is 8.70. The Morgan fingerprint density at radius 2 is 1.97 bits per heavy atom. The molecule has 160 valence electrons. The summed E-state index contributed by atoms with van der Waals surface area (Å²) in [5, 5.41) is 6.65. The number of nitrogens with one attached hydrogen (secondary N) is 2. The second-order valence-electron chi connectivity index (χ2n) is 6.54. The molecule has 6 nitrogen and oxygen atoms in total. The van der Waals surface area contributed by atoms with Crippen LogP contribution in [0.4, 0.5) is 5.69 Å². The third kappa shape index (κ3) is 5.52. The number of carbonyl (C=O) groups is 1. The number of amides is 1. The molecule has 0 fully saturated rings. The van der Waals surface area contributed by atoms with Gasteiger partial charge in [0.1, 0.15) is 5.52 Å². The number of nitrogens with zero attached hydrogens (tertiary/aromatic N) is 2. The number of rotatable bonds is 4. The van der Waals surface area contributed by atoms with E-state index in [-0.39, 0.29) is 5.11 Å². The molecule has 0 saturated carbocycles. The standard InChI is InChI=1S/C22H13BrCl2N4O2S/c23-14-7-13(10-26-11-14)21-28-18-9-16(4-5-19(18)31-21)27-22(32)29-20(30)6-2-12-1-3-15(24)8-17(12)25/h1-11H,(H2,27,29,30,32)/b6-2+. The molecule has 2 heterocycles. The molecule has 4 aromatic rings. The average Bonchev–Trinajstić information content (AvgIpc) is 3.16. The summed E-state index contributed by atoms with van der Waals surface area (Å²) < 4.78 is 6.62. The van der Waals surface area contributed by atoms with Gasteiger partial charge in [-0.1, -0.05) is 29.3 Å². The first-order valence-corrected chi connectivity index (χ1v) is 11.1. The number of benzene rings is 2. The number of hydrogen-bond acceptors (Lipinski definition) is 5. The Morgan fingerprint density at radius 1 is 1.12 bits per heavy atom. The summed E-state index contributed by atoms with van der Waals surface area (Å²) in [6, 6.07) is 12.2. The summed E-state index contributed by atoms with van der Waals surface area (Å²) in [4.78, 5) is 20.8. The molecular formula is C22H13BrCl2N4O2S. The van der Waals surface area contributed by atoms with Gasteiger partial charge < -0.3 is 9.73 Å². The van der Waals surface area contributed by atoms with Gasteiger partial charge in [0.2, 0.25) is 11.8 Å². The molecule has 0 unspecified atom stereocenters. The van der Waals surface area contributed by atoms with E-state index in [1.807, 2.05) is 6.07 Å². The fourth-order valence-corrected chi connectivity index (χ4v) is 3.83. The number of oxazole rings is 1. The highest BCUT2D eigenvalue weighted by Crippen LogP contribution is 2.27. The summed E-state index contributed by atoms with van der Waals surface area (Å²) >= 11 is 20.6. The van der Waals surface area contributed by atoms with Crippen molar-refractivity contribution in [3.8, 4) is 11.5 Å². The minimum atomic E-state index is -0.402. The molecule has 32 heavy (non-hydrogen) atoms. The molecule has 0 saturated heterocycles. The van der Waals surface area contributed by atoms with Gasteiger partial charge in [-0.3, -0.25) is 15.1 Å². The van der Waals surface area contributed by atoms with Gasteiger partial charge in [-0.2, -0.15) is 0 Å². The van der Waals surface area contributed by atoms with Crippen LogP contribution in [0.3, 0.4) is 0 Å². The largest absolute Gasteiger partial charge is 0.436 e. The van der Waals surface area contributed by atoms with E-state index in [2.05, 4.69) is 36.5 Å². The third-order valence-corrected chi connectivity index (χ3v) is 5.41. The first-order chi connectivity index (χ1) is 15.4. The van der Waals surface area contributed by atoms with Crippen molar-refractivity contribution in [2.45, 2.75) is 0 Å². The lowest BCUT2D eigenvalue weighted by molar-refractivity contribution is -0.115. The Balaban J connectivity index is 1.42. The van der Waals surface area contributed by atoms with E-state index in [4.69, 9.17) is 39.8 Å². The highest BCUT2D eigenvalue weighted by molar-refractivity contribution is 9.10. The van der Waals surface area contributed by atoms with Crippen LogP contribution in [0.5, 0.6) is 0 Å². The zero-order chi connectivity index (χ0) is 22.7. The Hall–Kier alpha value is -2.78. The van der Waals surface area contributed by atoms with Crippen LogP contribution in [0.15, 0.2) is 69.8 Å². The smallest absolute Gasteiger partial charge is 0.250 e. The van der Waals surface area contributed by atoms with E-state index in [0.29, 0.717) is 38.3 Å². The maximum absolute atomic E-state index is 12.2. The van der Waals surface area contributed by atoms with Gasteiger partial charge in [0.05, 0.1) is 5.56 Å². The van der Waals surface area contributed by atoms with Crippen LogP contribution in [0.25, 0.3) is 28.6 Å². The lowest BCUT2D eigenvalue weighted by atomic mass is 10.2. The number of aromatic nitrogens is 2. The number of halogens is 3. The van der Waals surface area contributed by atoms with Crippen molar-refractivity contribution in [1.29, 1.82) is 0 Å². The molecule has 10 heteroatoms. The Labute approximate surface area is 206 Å². The van der Waals surface area contributed by atoms with Crippen molar-refractivity contribution in [2.24, 2.45) is 0 Å². The Bertz CT molecular complexity index is 1370. The van der Waals surface area contributed by atoms with Crippen molar-refractivity contribution in [3.05, 3.63) is 81.0 Å². The molecule has 4 rings (SSSR count). The number of carbonyl (C=O) groups excluding carboxylic acids is 1. The van der Waals surface area contributed by atoms with Gasteiger partial charge in [-0.25, -0.2) is 4.98 Å². The molecule has 2 aromatic heterocycles. The van der Waals surface area contributed by atoms with Gasteiger partial charge in [0, 0.05) is 38.7 Å². The van der Waals surface area contributed by atoms with Gasteiger partial charge in [0.15, 0.2) is 10.7 Å². The van der Waals surface area contributed by atoms with E-state index in [1.165, 1.54) is 6.08 Å². The van der Waals surface area contributed by atoms with Crippen molar-refractivity contribution in [1.82, 2.24) is 15.3 Å². The summed E-state index contributed by atoms with van der Waals surface area (Å²) in [5.41, 5.74) is 3.32. The van der Waals surface area contributed by atoms with Gasteiger partial charge >= 0.3 is 0 Å². The molecule has 0 bridgehead atoms. The minimum absolute atomic E-state index is 0.140. The average molecular weight is 548 g/mol. The molecule has 0 aliphatic heterocycles. The maximum atomic E-state index is 12.2. The summed E-state index contributed by atoms with van der Waals surface area (Å²) in [5.74, 6) is 0.0494. The number of anilines is 1. The number of pyridine rings is 1. The molecule has 0 aliphatic rings.